The molecule has 1 atom stereocenters. The Kier molecular flexibility index (Phi) is 3.13. The van der Waals surface area contributed by atoms with Crippen LogP contribution in [0.3, 0.4) is 0 Å². The minimum atomic E-state index is -4.89. The van der Waals surface area contributed by atoms with Gasteiger partial charge in [-0.05, 0) is 22.4 Å². The number of hydrogen-bond donors (Lipinski definition) is 0. The van der Waals surface area contributed by atoms with E-state index in [1.54, 1.807) is 0 Å². The highest BCUT2D eigenvalue weighted by molar-refractivity contribution is 8.14. The lowest BCUT2D eigenvalue weighted by atomic mass is 10.2. The smallest absolute Gasteiger partial charge is 0.211 e. The second-order valence-corrected chi connectivity index (χ2v) is 5.95. The average Bonchev–Trinajstić information content (AvgIpc) is 2.31. The Balaban J connectivity index is 3.22. The fourth-order valence-electron chi connectivity index (χ4n) is 0.935. The van der Waals surface area contributed by atoms with Gasteiger partial charge in [-0.3, -0.25) is 0 Å². The molecule has 0 aliphatic carbocycles. The standard InChI is InChI=1S/C6H4ClF3O2S2/c7-14(11,12)5(6(8,9)10)4-1-2-13-3-4/h1-3,5H. The van der Waals surface area contributed by atoms with Crippen molar-refractivity contribution in [2.45, 2.75) is 11.4 Å². The average molecular weight is 265 g/mol. The quantitative estimate of drug-likeness (QED) is 0.770. The first-order valence-electron chi connectivity index (χ1n) is 3.25. The summed E-state index contributed by atoms with van der Waals surface area (Å²) < 4.78 is 58.4. The van der Waals surface area contributed by atoms with Gasteiger partial charge in [0.25, 0.3) is 0 Å². The van der Waals surface area contributed by atoms with E-state index in [4.69, 9.17) is 10.7 Å². The molecule has 1 heterocycles. The largest absolute Gasteiger partial charge is 0.410 e. The molecule has 80 valence electrons. The first-order chi connectivity index (χ1) is 6.23. The van der Waals surface area contributed by atoms with Crippen LogP contribution in [0.5, 0.6) is 0 Å². The molecule has 1 aromatic rings. The molecular formula is C6H4ClF3O2S2. The lowest BCUT2D eigenvalue weighted by Crippen LogP contribution is -2.25. The molecule has 0 bridgehead atoms. The van der Waals surface area contributed by atoms with E-state index in [2.05, 4.69) is 0 Å². The summed E-state index contributed by atoms with van der Waals surface area (Å²) >= 11 is 0.977. The van der Waals surface area contributed by atoms with Gasteiger partial charge in [0.1, 0.15) is 0 Å². The van der Waals surface area contributed by atoms with Gasteiger partial charge in [-0.25, -0.2) is 8.42 Å². The molecule has 0 aliphatic rings. The number of rotatable bonds is 2. The van der Waals surface area contributed by atoms with Gasteiger partial charge in [-0.1, -0.05) is 0 Å². The van der Waals surface area contributed by atoms with Gasteiger partial charge in [0.2, 0.25) is 9.05 Å². The van der Waals surface area contributed by atoms with Gasteiger partial charge in [0.05, 0.1) is 0 Å². The molecule has 0 fully saturated rings. The van der Waals surface area contributed by atoms with Crippen LogP contribution in [0.4, 0.5) is 13.2 Å². The summed E-state index contributed by atoms with van der Waals surface area (Å²) in [7, 11) is 0.0404. The van der Waals surface area contributed by atoms with Gasteiger partial charge < -0.3 is 0 Å². The Labute approximate surface area is 86.7 Å². The molecule has 1 unspecified atom stereocenters. The highest BCUT2D eigenvalue weighted by Crippen LogP contribution is 2.41. The maximum atomic E-state index is 12.3. The topological polar surface area (TPSA) is 34.1 Å². The zero-order valence-electron chi connectivity index (χ0n) is 6.45. The molecule has 14 heavy (non-hydrogen) atoms. The van der Waals surface area contributed by atoms with Crippen LogP contribution < -0.4 is 0 Å². The van der Waals surface area contributed by atoms with Crippen molar-refractivity contribution in [2.75, 3.05) is 0 Å². The SMILES string of the molecule is O=S(=O)(Cl)C(c1ccsc1)C(F)(F)F. The molecular weight excluding hydrogens is 261 g/mol. The van der Waals surface area contributed by atoms with Crippen molar-refractivity contribution in [1.29, 1.82) is 0 Å². The summed E-state index contributed by atoms with van der Waals surface area (Å²) in [5.74, 6) is 0. The van der Waals surface area contributed by atoms with Gasteiger partial charge in [0, 0.05) is 10.7 Å². The van der Waals surface area contributed by atoms with Crippen LogP contribution in [0.25, 0.3) is 0 Å². The Morgan fingerprint density at radius 2 is 2.00 bits per heavy atom. The highest BCUT2D eigenvalue weighted by atomic mass is 35.7. The van der Waals surface area contributed by atoms with E-state index >= 15 is 0 Å². The summed E-state index contributed by atoms with van der Waals surface area (Å²) in [6.07, 6.45) is -4.89. The summed E-state index contributed by atoms with van der Waals surface area (Å²) in [6.45, 7) is 0. The number of thiophene rings is 1. The molecule has 2 nitrogen and oxygen atoms in total. The number of hydrogen-bond acceptors (Lipinski definition) is 3. The molecule has 0 aliphatic heterocycles. The first-order valence-corrected chi connectivity index (χ1v) is 6.57. The molecule has 8 heteroatoms. The van der Waals surface area contributed by atoms with Crippen molar-refractivity contribution in [3.63, 3.8) is 0 Å². The number of alkyl halides is 3. The maximum Gasteiger partial charge on any atom is 0.410 e. The second kappa shape index (κ2) is 3.71. The predicted molar refractivity (Wildman–Crippen MR) is 47.9 cm³/mol. The molecule has 0 amide bonds. The van der Waals surface area contributed by atoms with Crippen LogP contribution in [-0.4, -0.2) is 14.6 Å². The van der Waals surface area contributed by atoms with Crippen molar-refractivity contribution < 1.29 is 21.6 Å². The fraction of sp³-hybridized carbons (Fsp3) is 0.333. The van der Waals surface area contributed by atoms with E-state index in [-0.39, 0.29) is 5.56 Å². The molecule has 0 saturated carbocycles. The van der Waals surface area contributed by atoms with E-state index in [9.17, 15) is 21.6 Å². The van der Waals surface area contributed by atoms with Crippen LogP contribution in [-0.2, 0) is 9.05 Å². The monoisotopic (exact) mass is 264 g/mol. The summed E-state index contributed by atoms with van der Waals surface area (Å²) in [5.41, 5.74) is -0.350. The van der Waals surface area contributed by atoms with Crippen LogP contribution in [0.2, 0.25) is 0 Å². The lowest BCUT2D eigenvalue weighted by Gasteiger charge is -2.15. The third-order valence-electron chi connectivity index (χ3n) is 1.42. The van der Waals surface area contributed by atoms with Gasteiger partial charge >= 0.3 is 6.18 Å². The van der Waals surface area contributed by atoms with E-state index in [0.29, 0.717) is 0 Å². The summed E-state index contributed by atoms with van der Waals surface area (Å²) in [5, 5.41) is -0.170. The highest BCUT2D eigenvalue weighted by Gasteiger charge is 2.49. The molecule has 1 aromatic heterocycles. The zero-order valence-corrected chi connectivity index (χ0v) is 8.84. The Morgan fingerprint density at radius 1 is 1.43 bits per heavy atom. The molecule has 1 rings (SSSR count). The Bertz CT molecular complexity index is 395. The van der Waals surface area contributed by atoms with Crippen molar-refractivity contribution in [1.82, 2.24) is 0 Å². The van der Waals surface area contributed by atoms with Crippen molar-refractivity contribution in [2.24, 2.45) is 0 Å². The van der Waals surface area contributed by atoms with E-state index in [1.807, 2.05) is 0 Å². The van der Waals surface area contributed by atoms with Crippen molar-refractivity contribution >= 4 is 31.1 Å². The predicted octanol–water partition coefficient (Wildman–Crippen LogP) is 2.92. The maximum absolute atomic E-state index is 12.3. The third-order valence-corrected chi connectivity index (χ3v) is 3.76. The molecule has 0 radical (unpaired) electrons. The fourth-order valence-corrected chi connectivity index (χ4v) is 3.11. The van der Waals surface area contributed by atoms with E-state index in [1.165, 1.54) is 5.38 Å². The number of halogens is 4. The lowest BCUT2D eigenvalue weighted by molar-refractivity contribution is -0.131. The third kappa shape index (κ3) is 2.61. The molecule has 0 saturated heterocycles. The van der Waals surface area contributed by atoms with Crippen molar-refractivity contribution in [3.05, 3.63) is 22.4 Å². The molecule has 0 aromatic carbocycles. The Hall–Kier alpha value is -0.270. The summed E-state index contributed by atoms with van der Waals surface area (Å²) in [4.78, 5) is 0. The molecule has 0 N–H and O–H groups in total. The van der Waals surface area contributed by atoms with Gasteiger partial charge in [0.15, 0.2) is 5.25 Å². The zero-order chi connectivity index (χ0) is 11.0. The second-order valence-electron chi connectivity index (χ2n) is 2.45. The normalized spacial score (nSPS) is 15.4. The Morgan fingerprint density at radius 3 is 2.29 bits per heavy atom. The minimum absolute atomic E-state index is 0.350. The minimum Gasteiger partial charge on any atom is -0.211 e. The summed E-state index contributed by atoms with van der Waals surface area (Å²) in [6, 6.07) is 1.09. The van der Waals surface area contributed by atoms with Crippen LogP contribution in [0.1, 0.15) is 10.8 Å². The van der Waals surface area contributed by atoms with Gasteiger partial charge in [-0.15, -0.1) is 0 Å². The first kappa shape index (κ1) is 11.8. The van der Waals surface area contributed by atoms with Crippen LogP contribution in [0.15, 0.2) is 16.8 Å². The molecule has 0 spiro atoms. The van der Waals surface area contributed by atoms with Crippen LogP contribution in [0, 0.1) is 0 Å². The van der Waals surface area contributed by atoms with Gasteiger partial charge in [-0.2, -0.15) is 24.5 Å². The van der Waals surface area contributed by atoms with E-state index < -0.39 is 20.5 Å². The van der Waals surface area contributed by atoms with Crippen LogP contribution >= 0.6 is 22.0 Å². The van der Waals surface area contributed by atoms with E-state index in [0.717, 1.165) is 22.8 Å². The van der Waals surface area contributed by atoms with Crippen molar-refractivity contribution in [3.8, 4) is 0 Å².